The smallest absolute Gasteiger partial charge is 0.481 e. The number of aliphatic hydroxyl groups is 1. The van der Waals surface area contributed by atoms with Crippen LogP contribution < -0.4 is 19.7 Å². The van der Waals surface area contributed by atoms with E-state index in [9.17, 15) is 9.90 Å². The molecular formula is C79H76BBrCl7N5O7. The van der Waals surface area contributed by atoms with Crippen LogP contribution in [-0.4, -0.2) is 115 Å². The third kappa shape index (κ3) is 25.0. The molecule has 8 aromatic carbocycles. The standard InChI is InChI=1S/C30H29Cl3N2O2.C19H16ClNO.C13H12BrNO.C11H13Cl2NO.C6H6BClO2/c1-35(2)14-13-30(36,23-16-25(32)18-26(33)17-23)28(21-7-5-4-6-8-21)27-15-22(19-34-29(27)37-3)20-9-11-24(31)12-10-20;1-22-19-16(11-14-5-3-2-4-6-14)12-17(13-21-19)15-7-9-18(20)10-8-15;1-16-13-11(8-12(14)9-15-13)7-10-5-3-2-4-6-10;1-14(2)4-3-11(15)8-5-9(12)7-10(13)6-8;8-6-3-1-5(2-4-6)7(9)10/h4-12,15-19,28,36H,13-14H2,1-3H3;2-10,12-13H,11H2,1H3;2-6,8-9H,7H2,1H3;5-7H,3-4H2,1-2H3;1-4,9-10H. The summed E-state index contributed by atoms with van der Waals surface area (Å²) < 4.78 is 17.4. The van der Waals surface area contributed by atoms with Crippen molar-refractivity contribution in [3.8, 4) is 39.9 Å². The minimum Gasteiger partial charge on any atom is -0.481 e. The number of aromatic nitrogens is 3. The molecule has 21 heteroatoms. The molecule has 12 nitrogen and oxygen atoms in total. The van der Waals surface area contributed by atoms with Gasteiger partial charge in [-0.3, -0.25) is 4.79 Å². The lowest BCUT2D eigenvalue weighted by Gasteiger charge is -2.39. The molecule has 0 amide bonds. The fraction of sp³-hybridized carbons (Fsp3) is 0.190. The highest BCUT2D eigenvalue weighted by atomic mass is 79.9. The molecule has 0 spiro atoms. The van der Waals surface area contributed by atoms with E-state index in [0.29, 0.717) is 83.8 Å². The molecule has 3 N–H and O–H groups in total. The van der Waals surface area contributed by atoms with Crippen LogP contribution in [0, 0.1) is 0 Å². The molecule has 0 aliphatic carbocycles. The Kier molecular flexibility index (Phi) is 32.3. The van der Waals surface area contributed by atoms with Gasteiger partial charge < -0.3 is 39.2 Å². The molecule has 0 fully saturated rings. The molecule has 0 saturated carbocycles. The second-order valence-electron chi connectivity index (χ2n) is 23.4. The van der Waals surface area contributed by atoms with E-state index in [1.807, 2.05) is 172 Å². The molecule has 518 valence electrons. The van der Waals surface area contributed by atoms with Crippen molar-refractivity contribution in [2.75, 3.05) is 62.6 Å². The molecule has 100 heavy (non-hydrogen) atoms. The number of pyridine rings is 3. The van der Waals surface area contributed by atoms with Crippen molar-refractivity contribution >= 4 is 116 Å². The van der Waals surface area contributed by atoms with Crippen molar-refractivity contribution in [3.63, 3.8) is 0 Å². The van der Waals surface area contributed by atoms with Crippen molar-refractivity contribution < 1.29 is 34.2 Å². The summed E-state index contributed by atoms with van der Waals surface area (Å²) in [4.78, 5) is 29.0. The third-order valence-electron chi connectivity index (χ3n) is 15.5. The highest BCUT2D eigenvalue weighted by Gasteiger charge is 2.43. The average molecular weight is 1550 g/mol. The highest BCUT2D eigenvalue weighted by molar-refractivity contribution is 9.10. The van der Waals surface area contributed by atoms with Crippen molar-refractivity contribution in [1.82, 2.24) is 24.8 Å². The van der Waals surface area contributed by atoms with E-state index in [0.717, 1.165) is 73.4 Å². The lowest BCUT2D eigenvalue weighted by molar-refractivity contribution is 0.00377. The number of benzene rings is 8. The summed E-state index contributed by atoms with van der Waals surface area (Å²) in [5.41, 5.74) is 10.5. The van der Waals surface area contributed by atoms with E-state index in [-0.39, 0.29) is 5.78 Å². The van der Waals surface area contributed by atoms with E-state index < -0.39 is 18.6 Å². The molecular weight excluding hydrogens is 1470 g/mol. The quantitative estimate of drug-likeness (QED) is 0.0464. The maximum Gasteiger partial charge on any atom is 0.488 e. The Morgan fingerprint density at radius 3 is 1.34 bits per heavy atom. The topological polar surface area (TPSA) is 151 Å². The molecule has 0 saturated heterocycles. The number of hydrogen-bond acceptors (Lipinski definition) is 12. The maximum atomic E-state index is 12.7. The van der Waals surface area contributed by atoms with Gasteiger partial charge in [0.1, 0.15) is 5.60 Å². The molecule has 0 bridgehead atoms. The summed E-state index contributed by atoms with van der Waals surface area (Å²) in [6, 6.07) is 68.5. The van der Waals surface area contributed by atoms with Gasteiger partial charge in [-0.25, -0.2) is 15.0 Å². The van der Waals surface area contributed by atoms with Crippen molar-refractivity contribution in [1.29, 1.82) is 0 Å². The zero-order valence-corrected chi connectivity index (χ0v) is 63.0. The summed E-state index contributed by atoms with van der Waals surface area (Å²) in [5, 5.41) is 33.9. The van der Waals surface area contributed by atoms with Crippen molar-refractivity contribution in [2.45, 2.75) is 37.2 Å². The van der Waals surface area contributed by atoms with Crippen LogP contribution in [0.4, 0.5) is 0 Å². The Hall–Kier alpha value is -7.35. The molecule has 2 unspecified atom stereocenters. The lowest BCUT2D eigenvalue weighted by Crippen LogP contribution is -2.38. The molecule has 11 aromatic rings. The Labute approximate surface area is 630 Å². The highest BCUT2D eigenvalue weighted by Crippen LogP contribution is 2.48. The first kappa shape index (κ1) is 80.0. The summed E-state index contributed by atoms with van der Waals surface area (Å²) in [6.45, 7) is 1.35. The van der Waals surface area contributed by atoms with Crippen molar-refractivity contribution in [2.24, 2.45) is 0 Å². The summed E-state index contributed by atoms with van der Waals surface area (Å²) in [6.07, 6.45) is 7.84. The summed E-state index contributed by atoms with van der Waals surface area (Å²) in [7, 11) is 11.3. The second kappa shape index (κ2) is 40.3. The number of ketones is 1. The summed E-state index contributed by atoms with van der Waals surface area (Å²) >= 11 is 45.5. The van der Waals surface area contributed by atoms with Gasteiger partial charge in [0.2, 0.25) is 17.6 Å². The van der Waals surface area contributed by atoms with Gasteiger partial charge in [0.05, 0.1) is 21.3 Å². The minimum absolute atomic E-state index is 0.0631. The normalized spacial score (nSPS) is 11.6. The molecule has 3 aromatic heterocycles. The van der Waals surface area contributed by atoms with Crippen molar-refractivity contribution in [3.05, 3.63) is 321 Å². The first-order valence-corrected chi connectivity index (χ1v) is 34.9. The molecule has 11 rings (SSSR count). The number of carbonyl (C=O) groups excluding carboxylic acids is 1. The van der Waals surface area contributed by atoms with Crippen LogP contribution in [0.2, 0.25) is 35.2 Å². The predicted octanol–water partition coefficient (Wildman–Crippen LogP) is 19.3. The number of rotatable bonds is 21. The van der Waals surface area contributed by atoms with Crippen LogP contribution in [-0.2, 0) is 18.4 Å². The Bertz CT molecular complexity index is 4310. The lowest BCUT2D eigenvalue weighted by atomic mass is 9.71. The van der Waals surface area contributed by atoms with Gasteiger partial charge in [-0.15, -0.1) is 0 Å². The second-order valence-corrected chi connectivity index (χ2v) is 27.4. The van der Waals surface area contributed by atoms with E-state index in [4.69, 9.17) is 105 Å². The monoisotopic (exact) mass is 1540 g/mol. The molecule has 2 atom stereocenters. The predicted molar refractivity (Wildman–Crippen MR) is 417 cm³/mol. The van der Waals surface area contributed by atoms with Crippen LogP contribution in [0.15, 0.2) is 241 Å². The first-order valence-electron chi connectivity index (χ1n) is 31.4. The zero-order valence-electron chi connectivity index (χ0n) is 56.1. The molecule has 0 aliphatic heterocycles. The van der Waals surface area contributed by atoms with Gasteiger partial charge in [-0.1, -0.05) is 209 Å². The largest absolute Gasteiger partial charge is 0.488 e. The fourth-order valence-electron chi connectivity index (χ4n) is 10.5. The van der Waals surface area contributed by atoms with Gasteiger partial charge in [0, 0.05) is 130 Å². The molecule has 0 radical (unpaired) electrons. The SMILES string of the molecule is CN(C)CCC(=O)c1cc(Cl)cc(Cl)c1.COc1ncc(-c2ccc(Cl)cc2)cc1C(c1ccccc1)C(O)(CCN(C)C)c1cc(Cl)cc(Cl)c1.COc1ncc(-c2ccc(Cl)cc2)cc1Cc1ccccc1.COc1ncc(Br)cc1Cc1ccccc1.OB(O)c1ccc(Cl)cc1. The van der Waals surface area contributed by atoms with Gasteiger partial charge in [-0.2, -0.15) is 0 Å². The van der Waals surface area contributed by atoms with Crippen LogP contribution in [0.25, 0.3) is 22.3 Å². The van der Waals surface area contributed by atoms with E-state index in [1.54, 1.807) is 94.4 Å². The number of methoxy groups -OCH3 is 3. The summed E-state index contributed by atoms with van der Waals surface area (Å²) in [5.74, 6) is 1.31. The van der Waals surface area contributed by atoms with Gasteiger partial charge in [-0.05, 0) is 180 Å². The first-order chi connectivity index (χ1) is 47.9. The number of carbonyl (C=O) groups is 1. The van der Waals surface area contributed by atoms with Gasteiger partial charge in [0.25, 0.3) is 0 Å². The van der Waals surface area contributed by atoms with Gasteiger partial charge >= 0.3 is 7.12 Å². The fourth-order valence-corrected chi connectivity index (χ4v) is 12.3. The number of hydrogen-bond donors (Lipinski definition) is 3. The van der Waals surface area contributed by atoms with E-state index in [1.165, 1.54) is 11.1 Å². The van der Waals surface area contributed by atoms with E-state index >= 15 is 0 Å². The molecule has 3 heterocycles. The third-order valence-corrected chi connectivity index (χ3v) is 17.5. The minimum atomic E-state index is -1.41. The number of ether oxygens (including phenoxy) is 3. The molecule has 0 aliphatic rings. The van der Waals surface area contributed by atoms with Crippen LogP contribution in [0.5, 0.6) is 17.6 Å². The zero-order chi connectivity index (χ0) is 72.3. The van der Waals surface area contributed by atoms with Crippen LogP contribution >= 0.6 is 97.1 Å². The number of Topliss-reactive ketones (excluding diaryl/α,β-unsaturated/α-hetero) is 1. The number of halogens is 8. The van der Waals surface area contributed by atoms with E-state index in [2.05, 4.69) is 61.2 Å². The van der Waals surface area contributed by atoms with Crippen LogP contribution in [0.1, 0.15) is 68.1 Å². The van der Waals surface area contributed by atoms with Gasteiger partial charge in [0.15, 0.2) is 5.78 Å². The Morgan fingerprint density at radius 1 is 0.480 bits per heavy atom. The number of nitrogens with zero attached hydrogens (tertiary/aromatic N) is 5. The van der Waals surface area contributed by atoms with Crippen LogP contribution in [0.3, 0.4) is 0 Å². The Morgan fingerprint density at radius 2 is 0.890 bits per heavy atom. The Balaban J connectivity index is 0.000000190. The maximum absolute atomic E-state index is 12.7. The average Bonchev–Trinajstić information content (AvgIpc) is 0.751.